The van der Waals surface area contributed by atoms with Crippen molar-refractivity contribution in [1.29, 1.82) is 0 Å². The minimum atomic E-state index is -0.263. The second kappa shape index (κ2) is 8.27. The zero-order valence-electron chi connectivity index (χ0n) is 14.2. The molecule has 24 heavy (non-hydrogen) atoms. The summed E-state index contributed by atoms with van der Waals surface area (Å²) >= 11 is 5.90. The number of hydrogen-bond donors (Lipinski definition) is 0. The van der Waals surface area contributed by atoms with Crippen LogP contribution in [-0.2, 0) is 11.3 Å². The molecular formula is C19H22ClFN2O. The number of rotatable bonds is 6. The third kappa shape index (κ3) is 5.05. The molecule has 0 heterocycles. The Kier molecular flexibility index (Phi) is 6.35. The highest BCUT2D eigenvalue weighted by Gasteiger charge is 2.18. The van der Waals surface area contributed by atoms with E-state index < -0.39 is 0 Å². The first-order chi connectivity index (χ1) is 11.4. The number of likely N-dealkylation sites (N-methyl/N-ethyl adjacent to an activating group) is 2. The van der Waals surface area contributed by atoms with Crippen molar-refractivity contribution in [2.75, 3.05) is 20.6 Å². The van der Waals surface area contributed by atoms with Crippen molar-refractivity contribution < 1.29 is 9.18 Å². The van der Waals surface area contributed by atoms with Gasteiger partial charge in [0.25, 0.3) is 0 Å². The van der Waals surface area contributed by atoms with Crippen molar-refractivity contribution >= 4 is 17.5 Å². The lowest BCUT2D eigenvalue weighted by molar-refractivity contribution is -0.132. The molecule has 0 saturated heterocycles. The van der Waals surface area contributed by atoms with Crippen molar-refractivity contribution in [1.82, 2.24) is 9.80 Å². The molecule has 5 heteroatoms. The van der Waals surface area contributed by atoms with E-state index >= 15 is 0 Å². The van der Waals surface area contributed by atoms with E-state index in [2.05, 4.69) is 0 Å². The highest BCUT2D eigenvalue weighted by molar-refractivity contribution is 6.30. The zero-order valence-corrected chi connectivity index (χ0v) is 14.9. The molecule has 0 radical (unpaired) electrons. The van der Waals surface area contributed by atoms with Gasteiger partial charge in [-0.2, -0.15) is 0 Å². The topological polar surface area (TPSA) is 23.6 Å². The average molecular weight is 349 g/mol. The van der Waals surface area contributed by atoms with Gasteiger partial charge in [0.15, 0.2) is 0 Å². The minimum Gasteiger partial charge on any atom is -0.338 e. The summed E-state index contributed by atoms with van der Waals surface area (Å²) in [5.41, 5.74) is 1.88. The third-order valence-corrected chi connectivity index (χ3v) is 4.33. The summed E-state index contributed by atoms with van der Waals surface area (Å²) in [5, 5.41) is 0.676. The Labute approximate surface area is 147 Å². The summed E-state index contributed by atoms with van der Waals surface area (Å²) in [4.78, 5) is 16.1. The van der Waals surface area contributed by atoms with E-state index in [0.29, 0.717) is 11.6 Å². The van der Waals surface area contributed by atoms with Gasteiger partial charge in [0.2, 0.25) is 5.91 Å². The Morgan fingerprint density at radius 2 is 1.83 bits per heavy atom. The van der Waals surface area contributed by atoms with Crippen LogP contribution in [0.25, 0.3) is 0 Å². The summed E-state index contributed by atoms with van der Waals surface area (Å²) in [6, 6.07) is 13.9. The Balaban J connectivity index is 1.93. The van der Waals surface area contributed by atoms with Gasteiger partial charge in [-0.3, -0.25) is 9.69 Å². The summed E-state index contributed by atoms with van der Waals surface area (Å²) in [6.07, 6.45) is 0. The van der Waals surface area contributed by atoms with Gasteiger partial charge < -0.3 is 4.90 Å². The molecule has 2 aromatic carbocycles. The first-order valence-electron chi connectivity index (χ1n) is 7.81. The van der Waals surface area contributed by atoms with Gasteiger partial charge in [0.05, 0.1) is 12.6 Å². The van der Waals surface area contributed by atoms with E-state index in [-0.39, 0.29) is 24.3 Å². The summed E-state index contributed by atoms with van der Waals surface area (Å²) in [7, 11) is 3.64. The number of carbonyl (C=O) groups excluding carboxylic acids is 1. The average Bonchev–Trinajstić information content (AvgIpc) is 2.54. The highest BCUT2D eigenvalue weighted by atomic mass is 35.5. The number of carbonyl (C=O) groups is 1. The van der Waals surface area contributed by atoms with Crippen LogP contribution in [0.2, 0.25) is 5.02 Å². The molecule has 2 aromatic rings. The first-order valence-corrected chi connectivity index (χ1v) is 8.18. The van der Waals surface area contributed by atoms with Crippen LogP contribution < -0.4 is 0 Å². The van der Waals surface area contributed by atoms with Crippen molar-refractivity contribution in [2.45, 2.75) is 19.5 Å². The highest BCUT2D eigenvalue weighted by Crippen LogP contribution is 2.21. The molecule has 0 aromatic heterocycles. The fraction of sp³-hybridized carbons (Fsp3) is 0.316. The van der Waals surface area contributed by atoms with Crippen LogP contribution in [0, 0.1) is 5.82 Å². The SMILES string of the molecule is CC(c1ccc(Cl)cc1)N(C)C(=O)CN(C)Cc1cccc(F)c1. The molecule has 3 nitrogen and oxygen atoms in total. The second-order valence-electron chi connectivity index (χ2n) is 6.03. The van der Waals surface area contributed by atoms with Gasteiger partial charge in [0, 0.05) is 18.6 Å². The van der Waals surface area contributed by atoms with Crippen LogP contribution >= 0.6 is 11.6 Å². The molecule has 1 amide bonds. The molecule has 128 valence electrons. The number of nitrogens with zero attached hydrogens (tertiary/aromatic N) is 2. The Hall–Kier alpha value is -1.91. The molecular weight excluding hydrogens is 327 g/mol. The standard InChI is InChI=1S/C19H22ClFN2O/c1-14(16-7-9-17(20)10-8-16)23(3)19(24)13-22(2)12-15-5-4-6-18(21)11-15/h4-11,14H,12-13H2,1-3H3. The van der Waals surface area contributed by atoms with Gasteiger partial charge in [-0.15, -0.1) is 0 Å². The summed E-state index contributed by atoms with van der Waals surface area (Å²) in [5.74, 6) is -0.253. The lowest BCUT2D eigenvalue weighted by Gasteiger charge is -2.27. The molecule has 0 aliphatic carbocycles. The van der Waals surface area contributed by atoms with Crippen LogP contribution in [0.15, 0.2) is 48.5 Å². The minimum absolute atomic E-state index is 0.0105. The molecule has 1 unspecified atom stereocenters. The number of hydrogen-bond acceptors (Lipinski definition) is 2. The fourth-order valence-electron chi connectivity index (χ4n) is 2.53. The van der Waals surface area contributed by atoms with E-state index in [9.17, 15) is 9.18 Å². The van der Waals surface area contributed by atoms with Gasteiger partial charge >= 0.3 is 0 Å². The van der Waals surface area contributed by atoms with E-state index in [4.69, 9.17) is 11.6 Å². The fourth-order valence-corrected chi connectivity index (χ4v) is 2.65. The van der Waals surface area contributed by atoms with Crippen LogP contribution in [0.4, 0.5) is 4.39 Å². The maximum atomic E-state index is 13.2. The lowest BCUT2D eigenvalue weighted by Crippen LogP contribution is -2.37. The maximum absolute atomic E-state index is 13.2. The molecule has 0 spiro atoms. The van der Waals surface area contributed by atoms with Crippen molar-refractivity contribution in [3.8, 4) is 0 Å². The monoisotopic (exact) mass is 348 g/mol. The van der Waals surface area contributed by atoms with Gasteiger partial charge in [-0.05, 0) is 49.4 Å². The molecule has 0 N–H and O–H groups in total. The number of halogens is 2. The van der Waals surface area contributed by atoms with Crippen molar-refractivity contribution in [3.05, 3.63) is 70.5 Å². The van der Waals surface area contributed by atoms with Crippen molar-refractivity contribution in [2.24, 2.45) is 0 Å². The predicted molar refractivity (Wildman–Crippen MR) is 95.4 cm³/mol. The molecule has 0 aliphatic heterocycles. The molecule has 2 rings (SSSR count). The van der Waals surface area contributed by atoms with E-state index in [1.54, 1.807) is 18.0 Å². The Bertz CT molecular complexity index is 690. The van der Waals surface area contributed by atoms with Crippen LogP contribution in [0.5, 0.6) is 0 Å². The third-order valence-electron chi connectivity index (χ3n) is 4.07. The van der Waals surface area contributed by atoms with E-state index in [1.165, 1.54) is 12.1 Å². The van der Waals surface area contributed by atoms with Crippen LogP contribution in [0.3, 0.4) is 0 Å². The number of amides is 1. The number of benzene rings is 2. The maximum Gasteiger partial charge on any atom is 0.236 e. The van der Waals surface area contributed by atoms with Gasteiger partial charge in [-0.1, -0.05) is 35.9 Å². The lowest BCUT2D eigenvalue weighted by atomic mass is 10.1. The second-order valence-corrected chi connectivity index (χ2v) is 6.47. The van der Waals surface area contributed by atoms with Gasteiger partial charge in [-0.25, -0.2) is 4.39 Å². The van der Waals surface area contributed by atoms with E-state index in [1.807, 2.05) is 49.2 Å². The summed E-state index contributed by atoms with van der Waals surface area (Å²) in [6.45, 7) is 2.77. The molecule has 0 aliphatic rings. The molecule has 0 bridgehead atoms. The Morgan fingerprint density at radius 3 is 2.46 bits per heavy atom. The van der Waals surface area contributed by atoms with E-state index in [0.717, 1.165) is 11.1 Å². The molecule has 0 fully saturated rings. The van der Waals surface area contributed by atoms with Crippen LogP contribution in [0.1, 0.15) is 24.1 Å². The Morgan fingerprint density at radius 1 is 1.17 bits per heavy atom. The largest absolute Gasteiger partial charge is 0.338 e. The van der Waals surface area contributed by atoms with Gasteiger partial charge in [0.1, 0.15) is 5.82 Å². The summed E-state index contributed by atoms with van der Waals surface area (Å²) < 4.78 is 13.2. The zero-order chi connectivity index (χ0) is 17.7. The quantitative estimate of drug-likeness (QED) is 0.783. The van der Waals surface area contributed by atoms with Crippen LogP contribution in [-0.4, -0.2) is 36.3 Å². The smallest absolute Gasteiger partial charge is 0.236 e. The predicted octanol–water partition coefficient (Wildman–Crippen LogP) is 4.13. The normalized spacial score (nSPS) is 12.2. The van der Waals surface area contributed by atoms with Crippen molar-refractivity contribution in [3.63, 3.8) is 0 Å². The molecule has 1 atom stereocenters. The molecule has 0 saturated carbocycles. The first kappa shape index (κ1) is 18.4.